The van der Waals surface area contributed by atoms with Crippen LogP contribution in [0, 0.1) is 0 Å². The number of carbonyl (C=O) groups is 1. The molecule has 0 radical (unpaired) electrons. The Bertz CT molecular complexity index is 414. The van der Waals surface area contributed by atoms with Crippen LogP contribution in [0.5, 0.6) is 0 Å². The number of ether oxygens (including phenoxy) is 2. The van der Waals surface area contributed by atoms with E-state index in [1.807, 2.05) is 30.3 Å². The van der Waals surface area contributed by atoms with Crippen LogP contribution in [0.25, 0.3) is 0 Å². The molecule has 16 heavy (non-hydrogen) atoms. The van der Waals surface area contributed by atoms with Crippen molar-refractivity contribution in [2.24, 2.45) is 4.99 Å². The van der Waals surface area contributed by atoms with E-state index in [0.29, 0.717) is 5.90 Å². The second kappa shape index (κ2) is 4.35. The van der Waals surface area contributed by atoms with Gasteiger partial charge in [0.1, 0.15) is 6.10 Å². The van der Waals surface area contributed by atoms with Gasteiger partial charge in [-0.05, 0) is 19.1 Å². The van der Waals surface area contributed by atoms with E-state index in [0.717, 1.165) is 5.56 Å². The molecule has 0 unspecified atom stereocenters. The SMILES string of the molecule is COC(=O)[C@@H]1N=C(c2ccccc2)O[C@H]1C. The highest BCUT2D eigenvalue weighted by Crippen LogP contribution is 2.18. The maximum atomic E-state index is 11.4. The number of rotatable bonds is 2. The van der Waals surface area contributed by atoms with Crippen molar-refractivity contribution in [3.05, 3.63) is 35.9 Å². The van der Waals surface area contributed by atoms with Crippen molar-refractivity contribution < 1.29 is 14.3 Å². The van der Waals surface area contributed by atoms with E-state index in [9.17, 15) is 4.79 Å². The average Bonchev–Trinajstić information content (AvgIpc) is 2.71. The molecule has 1 aliphatic heterocycles. The van der Waals surface area contributed by atoms with E-state index in [-0.39, 0.29) is 12.1 Å². The summed E-state index contributed by atoms with van der Waals surface area (Å²) in [7, 11) is 1.35. The maximum absolute atomic E-state index is 11.4. The molecule has 0 saturated heterocycles. The number of carbonyl (C=O) groups excluding carboxylic acids is 1. The molecule has 0 aliphatic carbocycles. The molecular weight excluding hydrogens is 206 g/mol. The van der Waals surface area contributed by atoms with Crippen molar-refractivity contribution >= 4 is 11.9 Å². The molecule has 0 bridgehead atoms. The molecule has 2 atom stereocenters. The van der Waals surface area contributed by atoms with Crippen LogP contribution in [0.1, 0.15) is 12.5 Å². The molecule has 1 heterocycles. The van der Waals surface area contributed by atoms with Gasteiger partial charge in [0.2, 0.25) is 5.90 Å². The zero-order valence-electron chi connectivity index (χ0n) is 9.21. The molecule has 1 aliphatic rings. The van der Waals surface area contributed by atoms with Gasteiger partial charge in [-0.2, -0.15) is 0 Å². The first-order valence-electron chi connectivity index (χ1n) is 5.10. The Hall–Kier alpha value is -1.84. The van der Waals surface area contributed by atoms with Crippen LogP contribution in [-0.2, 0) is 14.3 Å². The second-order valence-corrected chi connectivity index (χ2v) is 3.59. The summed E-state index contributed by atoms with van der Waals surface area (Å²) >= 11 is 0. The molecule has 4 nitrogen and oxygen atoms in total. The number of hydrogen-bond donors (Lipinski definition) is 0. The Morgan fingerprint density at radius 2 is 2.06 bits per heavy atom. The summed E-state index contributed by atoms with van der Waals surface area (Å²) < 4.78 is 10.2. The van der Waals surface area contributed by atoms with Crippen LogP contribution < -0.4 is 0 Å². The lowest BCUT2D eigenvalue weighted by Gasteiger charge is -2.09. The Morgan fingerprint density at radius 1 is 1.38 bits per heavy atom. The summed E-state index contributed by atoms with van der Waals surface area (Å²) in [6, 6.07) is 8.95. The molecule has 0 aromatic heterocycles. The van der Waals surface area contributed by atoms with Crippen molar-refractivity contribution in [1.29, 1.82) is 0 Å². The van der Waals surface area contributed by atoms with Crippen LogP contribution in [-0.4, -0.2) is 31.1 Å². The topological polar surface area (TPSA) is 47.9 Å². The number of aliphatic imine (C=N–C) groups is 1. The second-order valence-electron chi connectivity index (χ2n) is 3.59. The largest absolute Gasteiger partial charge is 0.472 e. The summed E-state index contributed by atoms with van der Waals surface area (Å²) in [6.07, 6.45) is -0.275. The van der Waals surface area contributed by atoms with Gasteiger partial charge in [-0.1, -0.05) is 18.2 Å². The predicted molar refractivity (Wildman–Crippen MR) is 59.3 cm³/mol. The molecule has 0 N–H and O–H groups in total. The zero-order valence-corrected chi connectivity index (χ0v) is 9.21. The molecule has 0 spiro atoms. The van der Waals surface area contributed by atoms with Gasteiger partial charge in [0.15, 0.2) is 6.04 Å². The van der Waals surface area contributed by atoms with Crippen LogP contribution in [0.4, 0.5) is 0 Å². The number of methoxy groups -OCH3 is 1. The molecule has 1 aromatic rings. The third kappa shape index (κ3) is 1.91. The summed E-state index contributed by atoms with van der Waals surface area (Å²) in [5.74, 6) is 0.141. The predicted octanol–water partition coefficient (Wildman–Crippen LogP) is 1.39. The molecule has 4 heteroatoms. The van der Waals surface area contributed by atoms with Crippen LogP contribution in [0.2, 0.25) is 0 Å². The lowest BCUT2D eigenvalue weighted by molar-refractivity contribution is -0.143. The van der Waals surface area contributed by atoms with Gasteiger partial charge in [-0.25, -0.2) is 9.79 Å². The molecule has 0 fully saturated rings. The smallest absolute Gasteiger partial charge is 0.334 e. The van der Waals surface area contributed by atoms with Gasteiger partial charge in [-0.3, -0.25) is 0 Å². The fourth-order valence-corrected chi connectivity index (χ4v) is 1.59. The van der Waals surface area contributed by atoms with Crippen LogP contribution in [0.3, 0.4) is 0 Å². The molecule has 2 rings (SSSR count). The van der Waals surface area contributed by atoms with E-state index in [1.54, 1.807) is 6.92 Å². The van der Waals surface area contributed by atoms with Crippen LogP contribution in [0.15, 0.2) is 35.3 Å². The van der Waals surface area contributed by atoms with Gasteiger partial charge in [0, 0.05) is 5.56 Å². The Morgan fingerprint density at radius 3 is 2.69 bits per heavy atom. The highest BCUT2D eigenvalue weighted by atomic mass is 16.5. The quantitative estimate of drug-likeness (QED) is 0.706. The number of esters is 1. The van der Waals surface area contributed by atoms with Crippen LogP contribution >= 0.6 is 0 Å². The first-order chi connectivity index (χ1) is 7.72. The fraction of sp³-hybridized carbons (Fsp3) is 0.333. The first-order valence-corrected chi connectivity index (χ1v) is 5.10. The summed E-state index contributed by atoms with van der Waals surface area (Å²) in [4.78, 5) is 15.6. The molecular formula is C12H13NO3. The standard InChI is InChI=1S/C12H13NO3/c1-8-10(12(14)15-2)13-11(16-8)9-6-4-3-5-7-9/h3-8,10H,1-2H3/t8-,10+/m0/s1. The number of hydrogen-bond acceptors (Lipinski definition) is 4. The van der Waals surface area contributed by atoms with Gasteiger partial charge >= 0.3 is 5.97 Å². The van der Waals surface area contributed by atoms with Crippen molar-refractivity contribution in [3.63, 3.8) is 0 Å². The van der Waals surface area contributed by atoms with Crippen molar-refractivity contribution in [1.82, 2.24) is 0 Å². The van der Waals surface area contributed by atoms with E-state index >= 15 is 0 Å². The summed E-state index contributed by atoms with van der Waals surface area (Å²) in [5, 5.41) is 0. The zero-order chi connectivity index (χ0) is 11.5. The number of benzene rings is 1. The van der Waals surface area contributed by atoms with E-state index in [2.05, 4.69) is 9.73 Å². The average molecular weight is 219 g/mol. The maximum Gasteiger partial charge on any atom is 0.334 e. The third-order valence-electron chi connectivity index (χ3n) is 2.46. The Kier molecular flexibility index (Phi) is 2.90. The van der Waals surface area contributed by atoms with E-state index in [4.69, 9.17) is 4.74 Å². The van der Waals surface area contributed by atoms with Gasteiger partial charge in [0.05, 0.1) is 7.11 Å². The Balaban J connectivity index is 2.23. The molecule has 0 saturated carbocycles. The molecule has 1 aromatic carbocycles. The lowest BCUT2D eigenvalue weighted by Crippen LogP contribution is -2.28. The highest BCUT2D eigenvalue weighted by molar-refractivity contribution is 5.97. The van der Waals surface area contributed by atoms with Crippen molar-refractivity contribution in [2.75, 3.05) is 7.11 Å². The minimum atomic E-state index is -0.555. The minimum absolute atomic E-state index is 0.275. The van der Waals surface area contributed by atoms with Gasteiger partial charge in [0.25, 0.3) is 0 Å². The first kappa shape index (κ1) is 10.7. The Labute approximate surface area is 93.9 Å². The normalized spacial score (nSPS) is 23.5. The van der Waals surface area contributed by atoms with Crippen molar-refractivity contribution in [2.45, 2.75) is 19.1 Å². The highest BCUT2D eigenvalue weighted by Gasteiger charge is 2.34. The monoisotopic (exact) mass is 219 g/mol. The van der Waals surface area contributed by atoms with Gasteiger partial charge in [-0.15, -0.1) is 0 Å². The van der Waals surface area contributed by atoms with Gasteiger partial charge < -0.3 is 9.47 Å². The van der Waals surface area contributed by atoms with E-state index < -0.39 is 6.04 Å². The summed E-state index contributed by atoms with van der Waals surface area (Å²) in [6.45, 7) is 1.81. The third-order valence-corrected chi connectivity index (χ3v) is 2.46. The van der Waals surface area contributed by atoms with E-state index in [1.165, 1.54) is 7.11 Å². The molecule has 0 amide bonds. The molecule has 84 valence electrons. The minimum Gasteiger partial charge on any atom is -0.472 e. The number of nitrogens with zero attached hydrogens (tertiary/aromatic N) is 1. The lowest BCUT2D eigenvalue weighted by atomic mass is 10.2. The fourth-order valence-electron chi connectivity index (χ4n) is 1.59. The summed E-state index contributed by atoms with van der Waals surface area (Å²) in [5.41, 5.74) is 0.876. The van der Waals surface area contributed by atoms with Crippen molar-refractivity contribution in [3.8, 4) is 0 Å².